The van der Waals surface area contributed by atoms with Crippen molar-refractivity contribution in [3.05, 3.63) is 0 Å². The van der Waals surface area contributed by atoms with Gasteiger partial charge in [-0.1, -0.05) is 13.3 Å². The van der Waals surface area contributed by atoms with E-state index in [1.807, 2.05) is 20.8 Å². The SMILES string of the molecule is CCCCC(=O)NNC(C)(C)C. The molecule has 0 unspecified atom stereocenters. The Bertz CT molecular complexity index is 138. The van der Waals surface area contributed by atoms with E-state index in [0.717, 1.165) is 12.8 Å². The van der Waals surface area contributed by atoms with Crippen molar-refractivity contribution in [1.82, 2.24) is 10.9 Å². The molecule has 0 aliphatic heterocycles. The largest absolute Gasteiger partial charge is 0.291 e. The highest BCUT2D eigenvalue weighted by molar-refractivity contribution is 5.75. The van der Waals surface area contributed by atoms with Crippen LogP contribution in [-0.2, 0) is 4.79 Å². The number of hydrogen-bond acceptors (Lipinski definition) is 2. The van der Waals surface area contributed by atoms with Gasteiger partial charge in [-0.25, -0.2) is 5.43 Å². The van der Waals surface area contributed by atoms with E-state index in [1.165, 1.54) is 0 Å². The van der Waals surface area contributed by atoms with E-state index < -0.39 is 0 Å². The second-order valence-electron chi connectivity index (χ2n) is 4.03. The zero-order valence-electron chi connectivity index (χ0n) is 8.53. The molecule has 3 heteroatoms. The van der Waals surface area contributed by atoms with Gasteiger partial charge in [-0.15, -0.1) is 0 Å². The molecule has 0 aromatic carbocycles. The molecule has 0 heterocycles. The Morgan fingerprint density at radius 2 is 1.92 bits per heavy atom. The summed E-state index contributed by atoms with van der Waals surface area (Å²) in [7, 11) is 0. The molecule has 2 N–H and O–H groups in total. The zero-order valence-corrected chi connectivity index (χ0v) is 8.53. The van der Waals surface area contributed by atoms with Crippen LogP contribution in [0.15, 0.2) is 0 Å². The number of unbranched alkanes of at least 4 members (excludes halogenated alkanes) is 1. The number of carbonyl (C=O) groups excluding carboxylic acids is 1. The molecular formula is C9H20N2O. The van der Waals surface area contributed by atoms with Gasteiger partial charge in [0.2, 0.25) is 5.91 Å². The van der Waals surface area contributed by atoms with E-state index >= 15 is 0 Å². The zero-order chi connectivity index (χ0) is 9.61. The van der Waals surface area contributed by atoms with Gasteiger partial charge in [0, 0.05) is 12.0 Å². The van der Waals surface area contributed by atoms with Crippen molar-refractivity contribution >= 4 is 5.91 Å². The quantitative estimate of drug-likeness (QED) is 0.632. The number of carbonyl (C=O) groups is 1. The van der Waals surface area contributed by atoms with Crippen LogP contribution >= 0.6 is 0 Å². The maximum atomic E-state index is 11.1. The molecule has 1 amide bonds. The molecule has 0 saturated heterocycles. The molecule has 0 aromatic rings. The van der Waals surface area contributed by atoms with Crippen LogP contribution in [0.4, 0.5) is 0 Å². The highest BCUT2D eigenvalue weighted by Crippen LogP contribution is 1.97. The molecule has 0 radical (unpaired) electrons. The van der Waals surface area contributed by atoms with E-state index in [1.54, 1.807) is 0 Å². The molecule has 12 heavy (non-hydrogen) atoms. The summed E-state index contributed by atoms with van der Waals surface area (Å²) in [5.41, 5.74) is 5.55. The average Bonchev–Trinajstić information content (AvgIpc) is 1.95. The number of amides is 1. The van der Waals surface area contributed by atoms with Crippen LogP contribution in [0.25, 0.3) is 0 Å². The summed E-state index contributed by atoms with van der Waals surface area (Å²) in [5.74, 6) is 0.0757. The fourth-order valence-corrected chi connectivity index (χ4v) is 0.657. The standard InChI is InChI=1S/C9H20N2O/c1-5-6-7-8(12)10-11-9(2,3)4/h11H,5-7H2,1-4H3,(H,10,12). The van der Waals surface area contributed by atoms with E-state index in [9.17, 15) is 4.79 Å². The summed E-state index contributed by atoms with van der Waals surface area (Å²) < 4.78 is 0. The first-order valence-corrected chi connectivity index (χ1v) is 4.51. The molecule has 0 saturated carbocycles. The van der Waals surface area contributed by atoms with Crippen LogP contribution < -0.4 is 10.9 Å². The highest BCUT2D eigenvalue weighted by Gasteiger charge is 2.09. The monoisotopic (exact) mass is 172 g/mol. The van der Waals surface area contributed by atoms with E-state index in [0.29, 0.717) is 6.42 Å². The van der Waals surface area contributed by atoms with Gasteiger partial charge in [-0.3, -0.25) is 10.2 Å². The fraction of sp³-hybridized carbons (Fsp3) is 0.889. The van der Waals surface area contributed by atoms with E-state index in [2.05, 4.69) is 17.8 Å². The van der Waals surface area contributed by atoms with Gasteiger partial charge in [0.1, 0.15) is 0 Å². The Morgan fingerprint density at radius 1 is 1.33 bits per heavy atom. The van der Waals surface area contributed by atoms with Crippen LogP contribution in [0.5, 0.6) is 0 Å². The molecular weight excluding hydrogens is 152 g/mol. The fourth-order valence-electron chi connectivity index (χ4n) is 0.657. The normalized spacial score (nSPS) is 11.3. The number of hydrazine groups is 1. The Kier molecular flexibility index (Phi) is 4.90. The Hall–Kier alpha value is -0.570. The maximum absolute atomic E-state index is 11.1. The number of rotatable bonds is 4. The second kappa shape index (κ2) is 5.14. The summed E-state index contributed by atoms with van der Waals surface area (Å²) in [5, 5.41) is 0. The van der Waals surface area contributed by atoms with Crippen LogP contribution in [-0.4, -0.2) is 11.4 Å². The molecule has 72 valence electrons. The van der Waals surface area contributed by atoms with Crippen molar-refractivity contribution in [2.45, 2.75) is 52.5 Å². The van der Waals surface area contributed by atoms with Gasteiger partial charge in [-0.2, -0.15) is 0 Å². The maximum Gasteiger partial charge on any atom is 0.234 e. The summed E-state index contributed by atoms with van der Waals surface area (Å²) in [6, 6.07) is 0. The summed E-state index contributed by atoms with van der Waals surface area (Å²) in [4.78, 5) is 11.1. The summed E-state index contributed by atoms with van der Waals surface area (Å²) in [6.45, 7) is 8.10. The third-order valence-corrected chi connectivity index (χ3v) is 1.33. The van der Waals surface area contributed by atoms with Crippen LogP contribution in [0.3, 0.4) is 0 Å². The minimum atomic E-state index is -0.0537. The molecule has 0 aliphatic carbocycles. The average molecular weight is 172 g/mol. The molecule has 3 nitrogen and oxygen atoms in total. The third kappa shape index (κ3) is 7.54. The predicted octanol–water partition coefficient (Wildman–Crippen LogP) is 1.60. The minimum Gasteiger partial charge on any atom is -0.291 e. The number of nitrogens with one attached hydrogen (secondary N) is 2. The first-order chi connectivity index (χ1) is 5.45. The first kappa shape index (κ1) is 11.4. The van der Waals surface area contributed by atoms with Gasteiger partial charge in [0.15, 0.2) is 0 Å². The molecule has 0 aliphatic rings. The van der Waals surface area contributed by atoms with Crippen molar-refractivity contribution in [3.8, 4) is 0 Å². The Balaban J connectivity index is 3.44. The number of hydrogen-bond donors (Lipinski definition) is 2. The van der Waals surface area contributed by atoms with Crippen molar-refractivity contribution in [2.75, 3.05) is 0 Å². The van der Waals surface area contributed by atoms with Crippen LogP contribution in [0, 0.1) is 0 Å². The van der Waals surface area contributed by atoms with Gasteiger partial charge in [-0.05, 0) is 27.2 Å². The lowest BCUT2D eigenvalue weighted by Gasteiger charge is -2.20. The second-order valence-corrected chi connectivity index (χ2v) is 4.03. The third-order valence-electron chi connectivity index (χ3n) is 1.33. The smallest absolute Gasteiger partial charge is 0.234 e. The van der Waals surface area contributed by atoms with Gasteiger partial charge in [0.05, 0.1) is 0 Å². The Labute approximate surface area is 74.9 Å². The predicted molar refractivity (Wildman–Crippen MR) is 50.6 cm³/mol. The van der Waals surface area contributed by atoms with Gasteiger partial charge < -0.3 is 0 Å². The first-order valence-electron chi connectivity index (χ1n) is 4.51. The minimum absolute atomic E-state index is 0.0537. The van der Waals surface area contributed by atoms with Crippen molar-refractivity contribution in [2.24, 2.45) is 0 Å². The Morgan fingerprint density at radius 3 is 2.33 bits per heavy atom. The summed E-state index contributed by atoms with van der Waals surface area (Å²) >= 11 is 0. The lowest BCUT2D eigenvalue weighted by Crippen LogP contribution is -2.48. The van der Waals surface area contributed by atoms with Gasteiger partial charge in [0.25, 0.3) is 0 Å². The molecule has 0 bridgehead atoms. The van der Waals surface area contributed by atoms with Crippen molar-refractivity contribution in [3.63, 3.8) is 0 Å². The molecule has 0 spiro atoms. The van der Waals surface area contributed by atoms with Crippen molar-refractivity contribution < 1.29 is 4.79 Å². The van der Waals surface area contributed by atoms with Gasteiger partial charge >= 0.3 is 0 Å². The van der Waals surface area contributed by atoms with E-state index in [-0.39, 0.29) is 11.4 Å². The lowest BCUT2D eigenvalue weighted by molar-refractivity contribution is -0.122. The summed E-state index contributed by atoms with van der Waals surface area (Å²) in [6.07, 6.45) is 2.63. The molecule has 0 atom stereocenters. The topological polar surface area (TPSA) is 41.1 Å². The van der Waals surface area contributed by atoms with Crippen molar-refractivity contribution in [1.29, 1.82) is 0 Å². The van der Waals surface area contributed by atoms with Crippen LogP contribution in [0.1, 0.15) is 47.0 Å². The van der Waals surface area contributed by atoms with E-state index in [4.69, 9.17) is 0 Å². The lowest BCUT2D eigenvalue weighted by atomic mass is 10.1. The molecule has 0 fully saturated rings. The highest BCUT2D eigenvalue weighted by atomic mass is 16.2. The molecule has 0 aromatic heterocycles. The molecule has 0 rings (SSSR count). The van der Waals surface area contributed by atoms with Crippen LogP contribution in [0.2, 0.25) is 0 Å².